The molecule has 2 radical (unpaired) electrons. The van der Waals surface area contributed by atoms with Gasteiger partial charge in [0.15, 0.2) is 0 Å². The maximum absolute atomic E-state index is 0. The third-order valence-electron chi connectivity index (χ3n) is 0. The van der Waals surface area contributed by atoms with Crippen molar-refractivity contribution in [2.75, 3.05) is 0 Å². The van der Waals surface area contributed by atoms with Crippen molar-refractivity contribution in [3.63, 3.8) is 0 Å². The largest absolute Gasteiger partial charge is 4.00 e. The van der Waals surface area contributed by atoms with Gasteiger partial charge in [0.2, 0.25) is 0 Å². The first kappa shape index (κ1) is 208. The van der Waals surface area contributed by atoms with Crippen molar-refractivity contribution in [3.8, 4) is 0 Å². The summed E-state index contributed by atoms with van der Waals surface area (Å²) in [6, 6.07) is 0. The summed E-state index contributed by atoms with van der Waals surface area (Å²) in [5.41, 5.74) is 0. The molecule has 9 heteroatoms. The minimum atomic E-state index is 0. The monoisotopic (exact) mass is 307 g/mol. The molecular weight excluding hydrogens is 310 g/mol. The predicted octanol–water partition coefficient (Wildman–Crippen LogP) is -21.5. The molecule has 0 aromatic heterocycles. The summed E-state index contributed by atoms with van der Waals surface area (Å²) in [7, 11) is 0. The molecule has 0 rings (SSSR count). The van der Waals surface area contributed by atoms with Crippen LogP contribution in [0.5, 0.6) is 0 Å². The van der Waals surface area contributed by atoms with E-state index in [-0.39, 0.29) is 115 Å². The summed E-state index contributed by atoms with van der Waals surface area (Å²) in [6.07, 6.45) is 0. The molecule has 0 aliphatic carbocycles. The summed E-state index contributed by atoms with van der Waals surface area (Å²) >= 11 is 0. The molecule has 0 saturated carbocycles. The second kappa shape index (κ2) is 155. The van der Waals surface area contributed by atoms with E-state index in [0.717, 1.165) is 0 Å². The Morgan fingerprint density at radius 3 is 0.333 bits per heavy atom. The van der Waals surface area contributed by atoms with Crippen LogP contribution in [0.25, 0.3) is 0 Å². The third-order valence-corrected chi connectivity index (χ3v) is 0. The molecule has 0 N–H and O–H groups in total. The zero-order valence-corrected chi connectivity index (χ0v) is 10.4. The van der Waals surface area contributed by atoms with Crippen LogP contribution in [0.4, 0.5) is 0 Å². The van der Waals surface area contributed by atoms with Gasteiger partial charge in [-0.1, -0.05) is 0 Å². The zero-order valence-electron chi connectivity index (χ0n) is 3.59. The topological polar surface area (TPSA) is 30.5 Å². The van der Waals surface area contributed by atoms with Gasteiger partial charge >= 0.3 is 27.9 Å². The molecule has 0 atom stereocenters. The second-order valence-electron chi connectivity index (χ2n) is 0. The Labute approximate surface area is 114 Å². The predicted molar refractivity (Wildman–Crippen MR) is 2.13 cm³/mol. The van der Waals surface area contributed by atoms with Gasteiger partial charge in [0.1, 0.15) is 0 Å². The van der Waals surface area contributed by atoms with E-state index in [4.69, 9.17) is 0 Å². The fourth-order valence-electron chi connectivity index (χ4n) is 0. The van der Waals surface area contributed by atoms with Crippen LogP contribution < -0.4 is 93.0 Å². The number of hydrogen-bond acceptors (Lipinski definition) is 0. The molecule has 0 aliphatic rings. The maximum atomic E-state index is 0. The molecule has 0 heterocycles. The smallest absolute Gasteiger partial charge is 1.00 e. The molecule has 9 heavy (non-hydrogen) atoms. The average molecular weight is 310 g/mol. The normalized spacial score (nSPS) is 0. The van der Waals surface area contributed by atoms with E-state index >= 15 is 0 Å². The maximum Gasteiger partial charge on any atom is 4.00 e. The van der Waals surface area contributed by atoms with Crippen molar-refractivity contribution in [1.82, 2.24) is 6.15 Å². The standard InChI is InChI=1S/7ClH.N.Ti/h7*1H;;/q;;;;;;;+3;+4/p-7. The number of halogens is 7. The van der Waals surface area contributed by atoms with Gasteiger partial charge in [-0.3, -0.25) is 0 Å². The van der Waals surface area contributed by atoms with Crippen molar-refractivity contribution in [2.45, 2.75) is 0 Å². The Morgan fingerprint density at radius 2 is 0.333 bits per heavy atom. The van der Waals surface area contributed by atoms with E-state index in [1.807, 2.05) is 0 Å². The number of rotatable bonds is 0. The van der Waals surface area contributed by atoms with Crippen LogP contribution in [0.2, 0.25) is 0 Å². The fourth-order valence-corrected chi connectivity index (χ4v) is 0. The van der Waals surface area contributed by atoms with Crippen molar-refractivity contribution in [3.05, 3.63) is 0 Å². The summed E-state index contributed by atoms with van der Waals surface area (Å²) < 4.78 is 0. The van der Waals surface area contributed by atoms with E-state index in [9.17, 15) is 0 Å². The molecule has 0 amide bonds. The first-order chi connectivity index (χ1) is 0. The number of nitrogens with zero attached hydrogens (tertiary/aromatic N) is 1. The van der Waals surface area contributed by atoms with E-state index in [1.165, 1.54) is 0 Å². The van der Waals surface area contributed by atoms with Crippen LogP contribution >= 0.6 is 0 Å². The van der Waals surface area contributed by atoms with Crippen molar-refractivity contribution >= 4 is 0 Å². The van der Waals surface area contributed by atoms with Crippen LogP contribution in [0.3, 0.4) is 0 Å². The Morgan fingerprint density at radius 1 is 0.333 bits per heavy atom. The fraction of sp³-hybridized carbons (Fsp3) is 0. The molecule has 0 bridgehead atoms. The van der Waals surface area contributed by atoms with Gasteiger partial charge in [0.05, 0.1) is 0 Å². The molecule has 0 aromatic rings. The quantitative estimate of drug-likeness (QED) is 0.398. The first-order valence-corrected chi connectivity index (χ1v) is 0. The van der Waals surface area contributed by atoms with Gasteiger partial charge in [-0.25, -0.2) is 0 Å². The van der Waals surface area contributed by atoms with Crippen LogP contribution in [-0.4, -0.2) is 0 Å². The zero-order chi connectivity index (χ0) is 0. The molecule has 0 saturated heterocycles. The molecule has 0 fully saturated rings. The first-order valence-electron chi connectivity index (χ1n) is 0. The van der Waals surface area contributed by atoms with Crippen LogP contribution in [0.15, 0.2) is 0 Å². The van der Waals surface area contributed by atoms with Crippen LogP contribution in [0.1, 0.15) is 0 Å². The Hall–Kier alpha value is 2.45. The van der Waals surface area contributed by atoms with Crippen LogP contribution in [-0.2, 0) is 21.7 Å². The van der Waals surface area contributed by atoms with Crippen molar-refractivity contribution < 1.29 is 109 Å². The van der Waals surface area contributed by atoms with Gasteiger partial charge in [-0.15, -0.1) is 0 Å². The van der Waals surface area contributed by atoms with Gasteiger partial charge in [-0.05, 0) is 0 Å². The van der Waals surface area contributed by atoms with E-state index in [0.29, 0.717) is 0 Å². The van der Waals surface area contributed by atoms with E-state index < -0.39 is 0 Å². The van der Waals surface area contributed by atoms with E-state index in [1.54, 1.807) is 0 Å². The molecular formula is Cl7NTi. The minimum absolute atomic E-state index is 0. The van der Waals surface area contributed by atoms with Crippen molar-refractivity contribution in [1.29, 1.82) is 0 Å². The molecule has 58 valence electrons. The van der Waals surface area contributed by atoms with Crippen LogP contribution in [0, 0.1) is 0 Å². The third kappa shape index (κ3) is 124. The molecule has 0 spiro atoms. The van der Waals surface area contributed by atoms with Crippen molar-refractivity contribution in [2.24, 2.45) is 0 Å². The Bertz CT molecular complexity index is 8.88. The molecule has 1 nitrogen and oxygen atoms in total. The molecule has 0 aliphatic heterocycles. The summed E-state index contributed by atoms with van der Waals surface area (Å²) in [5.74, 6) is 0. The number of hydrogen-bond donors (Lipinski definition) is 0. The van der Waals surface area contributed by atoms with Gasteiger partial charge in [0, 0.05) is 0 Å². The summed E-state index contributed by atoms with van der Waals surface area (Å²) in [5, 5.41) is 0. The summed E-state index contributed by atoms with van der Waals surface area (Å²) in [4.78, 5) is 0. The SMILES string of the molecule is [Cl-].[Cl-].[Cl-].[Cl-].[Cl-].[Cl-].[Cl-].[N+3].[Ti+4]. The molecule has 0 unspecified atom stereocenters. The van der Waals surface area contributed by atoms with Gasteiger partial charge < -0.3 is 86.8 Å². The summed E-state index contributed by atoms with van der Waals surface area (Å²) in [6.45, 7) is 0. The second-order valence-corrected chi connectivity index (χ2v) is 0. The Kier molecular flexibility index (Phi) is 3580. The van der Waals surface area contributed by atoms with Gasteiger partial charge in [-0.2, -0.15) is 0 Å². The minimum Gasteiger partial charge on any atom is -1.00 e. The van der Waals surface area contributed by atoms with E-state index in [2.05, 4.69) is 0 Å². The average Bonchev–Trinajstić information content (AvgIpc) is 0. The Balaban J connectivity index is 0. The molecule has 0 aromatic carbocycles. The van der Waals surface area contributed by atoms with Gasteiger partial charge in [0.25, 0.3) is 0 Å².